The number of rotatable bonds is 3. The lowest BCUT2D eigenvalue weighted by molar-refractivity contribution is 0.0940. The van der Waals surface area contributed by atoms with E-state index in [9.17, 15) is 4.79 Å². The van der Waals surface area contributed by atoms with Crippen LogP contribution in [0.3, 0.4) is 0 Å². The number of benzene rings is 1. The molecule has 1 amide bonds. The smallest absolute Gasteiger partial charge is 0.253 e. The van der Waals surface area contributed by atoms with Crippen LogP contribution >= 0.6 is 22.9 Å². The summed E-state index contributed by atoms with van der Waals surface area (Å²) in [5, 5.41) is 5.25. The Morgan fingerprint density at radius 2 is 2.22 bits per heavy atom. The van der Waals surface area contributed by atoms with Crippen molar-refractivity contribution in [3.05, 3.63) is 51.2 Å². The number of nitrogens with one attached hydrogen (secondary N) is 1. The fourth-order valence-corrected chi connectivity index (χ4v) is 2.61. The highest BCUT2D eigenvalue weighted by Crippen LogP contribution is 2.22. The molecule has 2 rings (SSSR count). The summed E-state index contributed by atoms with van der Waals surface area (Å²) < 4.78 is 0. The van der Waals surface area contributed by atoms with Crippen LogP contribution in [0.25, 0.3) is 0 Å². The van der Waals surface area contributed by atoms with Crippen LogP contribution in [0, 0.1) is 0 Å². The van der Waals surface area contributed by atoms with Gasteiger partial charge in [0.05, 0.1) is 16.6 Å². The average molecular weight is 281 g/mol. The van der Waals surface area contributed by atoms with Gasteiger partial charge in [-0.15, -0.1) is 11.3 Å². The quantitative estimate of drug-likeness (QED) is 0.846. The van der Waals surface area contributed by atoms with Crippen LogP contribution in [0.5, 0.6) is 0 Å². The van der Waals surface area contributed by atoms with E-state index in [4.69, 9.17) is 17.3 Å². The first kappa shape index (κ1) is 12.9. The molecule has 1 unspecified atom stereocenters. The van der Waals surface area contributed by atoms with Crippen LogP contribution in [0.4, 0.5) is 5.69 Å². The van der Waals surface area contributed by atoms with Crippen molar-refractivity contribution < 1.29 is 4.79 Å². The van der Waals surface area contributed by atoms with Gasteiger partial charge in [0.1, 0.15) is 0 Å². The van der Waals surface area contributed by atoms with E-state index < -0.39 is 0 Å². The fraction of sp³-hybridized carbons (Fsp3) is 0.154. The zero-order valence-electron chi connectivity index (χ0n) is 9.81. The van der Waals surface area contributed by atoms with Gasteiger partial charge in [-0.1, -0.05) is 17.7 Å². The van der Waals surface area contributed by atoms with Gasteiger partial charge in [0, 0.05) is 10.6 Å². The summed E-state index contributed by atoms with van der Waals surface area (Å²) >= 11 is 7.60. The number of carbonyl (C=O) groups excluding carboxylic acids is 1. The van der Waals surface area contributed by atoms with Crippen molar-refractivity contribution >= 4 is 34.5 Å². The van der Waals surface area contributed by atoms with Crippen molar-refractivity contribution in [2.45, 2.75) is 13.0 Å². The number of nitrogen functional groups attached to an aromatic ring is 1. The van der Waals surface area contributed by atoms with E-state index in [0.29, 0.717) is 16.3 Å². The van der Waals surface area contributed by atoms with Crippen LogP contribution in [0.1, 0.15) is 28.2 Å². The first-order chi connectivity index (χ1) is 8.58. The van der Waals surface area contributed by atoms with Gasteiger partial charge >= 0.3 is 0 Å². The second-order valence-corrected chi connectivity index (χ2v) is 5.34. The molecule has 0 fully saturated rings. The highest BCUT2D eigenvalue weighted by Gasteiger charge is 2.14. The maximum absolute atomic E-state index is 12.1. The Hall–Kier alpha value is -1.52. The molecule has 18 heavy (non-hydrogen) atoms. The Kier molecular flexibility index (Phi) is 3.89. The highest BCUT2D eigenvalue weighted by molar-refractivity contribution is 7.10. The van der Waals surface area contributed by atoms with Gasteiger partial charge in [-0.2, -0.15) is 0 Å². The van der Waals surface area contributed by atoms with E-state index in [1.54, 1.807) is 29.5 Å². The Morgan fingerprint density at radius 3 is 2.83 bits per heavy atom. The number of halogens is 1. The number of carbonyl (C=O) groups is 1. The zero-order chi connectivity index (χ0) is 13.1. The molecule has 0 bridgehead atoms. The van der Waals surface area contributed by atoms with Crippen molar-refractivity contribution in [1.29, 1.82) is 0 Å². The number of anilines is 1. The van der Waals surface area contributed by atoms with Gasteiger partial charge < -0.3 is 11.1 Å². The van der Waals surface area contributed by atoms with Gasteiger partial charge in [-0.25, -0.2) is 0 Å². The van der Waals surface area contributed by atoms with E-state index in [1.165, 1.54) is 0 Å². The number of hydrogen-bond acceptors (Lipinski definition) is 3. The molecule has 2 aromatic rings. The molecule has 0 aliphatic rings. The number of amides is 1. The van der Waals surface area contributed by atoms with Crippen molar-refractivity contribution in [2.75, 3.05) is 5.73 Å². The fourth-order valence-electron chi connectivity index (χ4n) is 1.60. The predicted octanol–water partition coefficient (Wildman–Crippen LogP) is 3.47. The van der Waals surface area contributed by atoms with Crippen LogP contribution in [-0.2, 0) is 0 Å². The zero-order valence-corrected chi connectivity index (χ0v) is 11.4. The second kappa shape index (κ2) is 5.42. The number of thiophene rings is 1. The summed E-state index contributed by atoms with van der Waals surface area (Å²) in [6.45, 7) is 1.94. The molecule has 0 aliphatic heterocycles. The van der Waals surface area contributed by atoms with Gasteiger partial charge in [0.15, 0.2) is 0 Å². The molecule has 94 valence electrons. The van der Waals surface area contributed by atoms with Gasteiger partial charge in [0.2, 0.25) is 0 Å². The molecule has 1 atom stereocenters. The molecule has 3 N–H and O–H groups in total. The molecule has 3 nitrogen and oxygen atoms in total. The molecule has 1 aromatic carbocycles. The van der Waals surface area contributed by atoms with E-state index in [0.717, 1.165) is 4.88 Å². The van der Waals surface area contributed by atoms with Crippen molar-refractivity contribution in [3.63, 3.8) is 0 Å². The first-order valence-corrected chi connectivity index (χ1v) is 6.73. The summed E-state index contributed by atoms with van der Waals surface area (Å²) in [6, 6.07) is 8.78. The third-order valence-corrected chi connectivity index (χ3v) is 3.92. The first-order valence-electron chi connectivity index (χ1n) is 5.47. The molecule has 0 spiro atoms. The predicted molar refractivity (Wildman–Crippen MR) is 76.1 cm³/mol. The molecule has 1 aromatic heterocycles. The molecule has 0 saturated carbocycles. The van der Waals surface area contributed by atoms with Crippen LogP contribution in [0.2, 0.25) is 5.02 Å². The Bertz CT molecular complexity index is 554. The Labute approximate surface area is 115 Å². The lowest BCUT2D eigenvalue weighted by Gasteiger charge is -2.13. The van der Waals surface area contributed by atoms with Crippen LogP contribution < -0.4 is 11.1 Å². The molecule has 0 radical (unpaired) electrons. The SMILES string of the molecule is CC(NC(=O)c1ccc(N)cc1Cl)c1cccs1. The highest BCUT2D eigenvalue weighted by atomic mass is 35.5. The topological polar surface area (TPSA) is 55.1 Å². The lowest BCUT2D eigenvalue weighted by atomic mass is 10.1. The van der Waals surface area contributed by atoms with Gasteiger partial charge in [-0.05, 0) is 36.6 Å². The minimum Gasteiger partial charge on any atom is -0.399 e. The number of hydrogen-bond donors (Lipinski definition) is 2. The van der Waals surface area contributed by atoms with E-state index >= 15 is 0 Å². The van der Waals surface area contributed by atoms with E-state index in [1.807, 2.05) is 24.4 Å². The Balaban J connectivity index is 2.12. The third kappa shape index (κ3) is 2.83. The van der Waals surface area contributed by atoms with Crippen molar-refractivity contribution in [1.82, 2.24) is 5.32 Å². The number of nitrogens with two attached hydrogens (primary N) is 1. The standard InChI is InChI=1S/C13H13ClN2OS/c1-8(12-3-2-6-18-12)16-13(17)10-5-4-9(15)7-11(10)14/h2-8H,15H2,1H3,(H,16,17). The summed E-state index contributed by atoms with van der Waals surface area (Å²) in [7, 11) is 0. The van der Waals surface area contributed by atoms with Crippen LogP contribution in [-0.4, -0.2) is 5.91 Å². The normalized spacial score (nSPS) is 12.1. The average Bonchev–Trinajstić information content (AvgIpc) is 2.81. The van der Waals surface area contributed by atoms with Crippen LogP contribution in [0.15, 0.2) is 35.7 Å². The Morgan fingerprint density at radius 1 is 1.44 bits per heavy atom. The summed E-state index contributed by atoms with van der Waals surface area (Å²) in [5.74, 6) is -0.194. The maximum Gasteiger partial charge on any atom is 0.253 e. The molecule has 0 aliphatic carbocycles. The molecule has 1 heterocycles. The molecular formula is C13H13ClN2OS. The molecule has 0 saturated heterocycles. The lowest BCUT2D eigenvalue weighted by Crippen LogP contribution is -2.26. The monoisotopic (exact) mass is 280 g/mol. The van der Waals surface area contributed by atoms with Crippen molar-refractivity contribution in [3.8, 4) is 0 Å². The minimum atomic E-state index is -0.194. The summed E-state index contributed by atoms with van der Waals surface area (Å²) in [5.41, 5.74) is 6.58. The van der Waals surface area contributed by atoms with Gasteiger partial charge in [0.25, 0.3) is 5.91 Å². The molecule has 5 heteroatoms. The largest absolute Gasteiger partial charge is 0.399 e. The van der Waals surface area contributed by atoms with Gasteiger partial charge in [-0.3, -0.25) is 4.79 Å². The minimum absolute atomic E-state index is 0.0360. The van der Waals surface area contributed by atoms with E-state index in [-0.39, 0.29) is 11.9 Å². The summed E-state index contributed by atoms with van der Waals surface area (Å²) in [6.07, 6.45) is 0. The molecular weight excluding hydrogens is 268 g/mol. The maximum atomic E-state index is 12.1. The van der Waals surface area contributed by atoms with E-state index in [2.05, 4.69) is 5.32 Å². The van der Waals surface area contributed by atoms with Crippen molar-refractivity contribution in [2.24, 2.45) is 0 Å². The third-order valence-electron chi connectivity index (χ3n) is 2.56. The second-order valence-electron chi connectivity index (χ2n) is 3.95. The summed E-state index contributed by atoms with van der Waals surface area (Å²) in [4.78, 5) is 13.2.